The first-order chi connectivity index (χ1) is 6.59. The van der Waals surface area contributed by atoms with Gasteiger partial charge in [0.1, 0.15) is 5.82 Å². The molecule has 1 aromatic rings. The Morgan fingerprint density at radius 1 is 1.29 bits per heavy atom. The molecule has 0 amide bonds. The van der Waals surface area contributed by atoms with Crippen molar-refractivity contribution in [3.8, 4) is 0 Å². The van der Waals surface area contributed by atoms with Crippen LogP contribution in [0.3, 0.4) is 0 Å². The second-order valence-electron chi connectivity index (χ2n) is 3.99. The Morgan fingerprint density at radius 2 is 2.00 bits per heavy atom. The fourth-order valence-electron chi connectivity index (χ4n) is 1.39. The Balaban J connectivity index is 2.47. The fourth-order valence-corrected chi connectivity index (χ4v) is 1.39. The third kappa shape index (κ3) is 3.46. The van der Waals surface area contributed by atoms with Crippen molar-refractivity contribution >= 4 is 0 Å². The quantitative estimate of drug-likeness (QED) is 0.714. The first kappa shape index (κ1) is 11.2. The van der Waals surface area contributed by atoms with Crippen LogP contribution < -0.4 is 0 Å². The Labute approximate surface area is 85.5 Å². The van der Waals surface area contributed by atoms with E-state index in [1.807, 2.05) is 12.1 Å². The van der Waals surface area contributed by atoms with Crippen LogP contribution in [0.15, 0.2) is 18.2 Å². The molecule has 1 rings (SSSR count). The van der Waals surface area contributed by atoms with Gasteiger partial charge in [0.15, 0.2) is 0 Å². The van der Waals surface area contributed by atoms with E-state index in [4.69, 9.17) is 0 Å². The van der Waals surface area contributed by atoms with Gasteiger partial charge in [-0.05, 0) is 57.6 Å². The van der Waals surface area contributed by atoms with E-state index in [-0.39, 0.29) is 5.82 Å². The van der Waals surface area contributed by atoms with Crippen LogP contribution in [0.2, 0.25) is 0 Å². The van der Waals surface area contributed by atoms with E-state index in [0.29, 0.717) is 0 Å². The summed E-state index contributed by atoms with van der Waals surface area (Å²) in [7, 11) is 4.10. The predicted octanol–water partition coefficient (Wildman–Crippen LogP) is 2.63. The summed E-state index contributed by atoms with van der Waals surface area (Å²) in [6.45, 7) is 2.84. The van der Waals surface area contributed by atoms with E-state index in [1.54, 1.807) is 13.0 Å². The normalized spacial score (nSPS) is 10.9. The van der Waals surface area contributed by atoms with Gasteiger partial charge in [0.25, 0.3) is 0 Å². The van der Waals surface area contributed by atoms with Crippen LogP contribution >= 0.6 is 0 Å². The molecule has 0 aliphatic heterocycles. The van der Waals surface area contributed by atoms with Crippen molar-refractivity contribution in [3.05, 3.63) is 35.1 Å². The lowest BCUT2D eigenvalue weighted by atomic mass is 10.1. The maximum absolute atomic E-state index is 13.2. The fraction of sp³-hybridized carbons (Fsp3) is 0.500. The van der Waals surface area contributed by atoms with Crippen molar-refractivity contribution in [1.29, 1.82) is 0 Å². The number of halogens is 1. The van der Waals surface area contributed by atoms with Gasteiger partial charge >= 0.3 is 0 Å². The van der Waals surface area contributed by atoms with E-state index < -0.39 is 0 Å². The van der Waals surface area contributed by atoms with Crippen LogP contribution in [0.1, 0.15) is 17.5 Å². The average molecular weight is 195 g/mol. The van der Waals surface area contributed by atoms with Gasteiger partial charge in [-0.3, -0.25) is 0 Å². The van der Waals surface area contributed by atoms with Crippen LogP contribution in [0.5, 0.6) is 0 Å². The van der Waals surface area contributed by atoms with Crippen LogP contribution in [0, 0.1) is 12.7 Å². The highest BCUT2D eigenvalue weighted by atomic mass is 19.1. The van der Waals surface area contributed by atoms with Crippen molar-refractivity contribution < 1.29 is 4.39 Å². The van der Waals surface area contributed by atoms with Gasteiger partial charge in [0.2, 0.25) is 0 Å². The summed E-state index contributed by atoms with van der Waals surface area (Å²) in [4.78, 5) is 2.14. The number of benzene rings is 1. The third-order valence-electron chi connectivity index (χ3n) is 2.31. The Hall–Kier alpha value is -0.890. The molecule has 0 aliphatic rings. The largest absolute Gasteiger partial charge is 0.309 e. The molecule has 1 nitrogen and oxygen atoms in total. The standard InChI is InChI=1S/C12H18FN/c1-10-6-7-11(9-12(10)13)5-4-8-14(2)3/h6-7,9H,4-5,8H2,1-3H3. The zero-order chi connectivity index (χ0) is 10.6. The zero-order valence-corrected chi connectivity index (χ0v) is 9.18. The number of nitrogens with zero attached hydrogens (tertiary/aromatic N) is 1. The minimum absolute atomic E-state index is 0.0904. The number of hydrogen-bond acceptors (Lipinski definition) is 1. The van der Waals surface area contributed by atoms with Gasteiger partial charge in [0, 0.05) is 0 Å². The van der Waals surface area contributed by atoms with Crippen molar-refractivity contribution in [1.82, 2.24) is 4.90 Å². The van der Waals surface area contributed by atoms with Gasteiger partial charge in [-0.15, -0.1) is 0 Å². The predicted molar refractivity (Wildman–Crippen MR) is 58.0 cm³/mol. The minimum atomic E-state index is -0.0904. The molecule has 0 aromatic heterocycles. The van der Waals surface area contributed by atoms with Gasteiger partial charge in [0.05, 0.1) is 0 Å². The second-order valence-corrected chi connectivity index (χ2v) is 3.99. The van der Waals surface area contributed by atoms with Gasteiger partial charge in [-0.2, -0.15) is 0 Å². The van der Waals surface area contributed by atoms with Crippen molar-refractivity contribution in [2.45, 2.75) is 19.8 Å². The summed E-state index contributed by atoms with van der Waals surface area (Å²) in [5, 5.41) is 0. The van der Waals surface area contributed by atoms with E-state index >= 15 is 0 Å². The zero-order valence-electron chi connectivity index (χ0n) is 9.18. The lowest BCUT2D eigenvalue weighted by molar-refractivity contribution is 0.400. The molecule has 0 aliphatic carbocycles. The summed E-state index contributed by atoms with van der Waals surface area (Å²) < 4.78 is 13.2. The molecule has 78 valence electrons. The molecule has 0 unspecified atom stereocenters. The summed E-state index contributed by atoms with van der Waals surface area (Å²) in [5.74, 6) is -0.0904. The molecule has 0 atom stereocenters. The topological polar surface area (TPSA) is 3.24 Å². The van der Waals surface area contributed by atoms with Crippen LogP contribution in [0.4, 0.5) is 4.39 Å². The third-order valence-corrected chi connectivity index (χ3v) is 2.31. The number of hydrogen-bond donors (Lipinski definition) is 0. The molecule has 0 heterocycles. The van der Waals surface area contributed by atoms with Crippen LogP contribution in [-0.2, 0) is 6.42 Å². The van der Waals surface area contributed by atoms with Crippen molar-refractivity contribution in [3.63, 3.8) is 0 Å². The maximum atomic E-state index is 13.2. The van der Waals surface area contributed by atoms with Gasteiger partial charge in [-0.1, -0.05) is 12.1 Å². The van der Waals surface area contributed by atoms with E-state index in [1.165, 1.54) is 0 Å². The van der Waals surface area contributed by atoms with E-state index in [9.17, 15) is 4.39 Å². The number of aryl methyl sites for hydroxylation is 2. The molecule has 2 heteroatoms. The lowest BCUT2D eigenvalue weighted by Gasteiger charge is -2.09. The molecule has 0 N–H and O–H groups in total. The highest BCUT2D eigenvalue weighted by Crippen LogP contribution is 2.10. The molecule has 0 saturated carbocycles. The molecule has 0 bridgehead atoms. The van der Waals surface area contributed by atoms with E-state index in [0.717, 1.165) is 30.5 Å². The van der Waals surface area contributed by atoms with Crippen LogP contribution in [0.25, 0.3) is 0 Å². The van der Waals surface area contributed by atoms with Gasteiger partial charge < -0.3 is 4.90 Å². The van der Waals surface area contributed by atoms with Crippen molar-refractivity contribution in [2.75, 3.05) is 20.6 Å². The lowest BCUT2D eigenvalue weighted by Crippen LogP contribution is -2.13. The summed E-state index contributed by atoms with van der Waals surface area (Å²) >= 11 is 0. The molecule has 14 heavy (non-hydrogen) atoms. The Morgan fingerprint density at radius 3 is 2.57 bits per heavy atom. The van der Waals surface area contributed by atoms with Crippen LogP contribution in [-0.4, -0.2) is 25.5 Å². The molecular weight excluding hydrogens is 177 g/mol. The second kappa shape index (κ2) is 5.11. The molecule has 0 radical (unpaired) electrons. The first-order valence-corrected chi connectivity index (χ1v) is 4.99. The summed E-state index contributed by atoms with van der Waals surface area (Å²) in [6, 6.07) is 5.50. The Kier molecular flexibility index (Phi) is 4.08. The minimum Gasteiger partial charge on any atom is -0.309 e. The maximum Gasteiger partial charge on any atom is 0.126 e. The SMILES string of the molecule is Cc1ccc(CCCN(C)C)cc1F. The average Bonchev–Trinajstić information content (AvgIpc) is 2.10. The molecule has 1 aromatic carbocycles. The monoisotopic (exact) mass is 195 g/mol. The molecule has 0 saturated heterocycles. The first-order valence-electron chi connectivity index (χ1n) is 4.99. The van der Waals surface area contributed by atoms with Crippen molar-refractivity contribution in [2.24, 2.45) is 0 Å². The smallest absolute Gasteiger partial charge is 0.126 e. The van der Waals surface area contributed by atoms with E-state index in [2.05, 4.69) is 19.0 Å². The molecule has 0 spiro atoms. The Bertz CT molecular complexity index is 294. The highest BCUT2D eigenvalue weighted by Gasteiger charge is 1.99. The molecular formula is C12H18FN. The summed E-state index contributed by atoms with van der Waals surface area (Å²) in [5.41, 5.74) is 1.82. The molecule has 0 fully saturated rings. The summed E-state index contributed by atoms with van der Waals surface area (Å²) in [6.07, 6.45) is 2.03. The van der Waals surface area contributed by atoms with Gasteiger partial charge in [-0.25, -0.2) is 4.39 Å². The number of rotatable bonds is 4. The highest BCUT2D eigenvalue weighted by molar-refractivity contribution is 5.23.